The van der Waals surface area contributed by atoms with Gasteiger partial charge in [-0.1, -0.05) is 67.8 Å². The summed E-state index contributed by atoms with van der Waals surface area (Å²) in [6, 6.07) is 22.0. The Balaban J connectivity index is 0.00000306. The van der Waals surface area contributed by atoms with Gasteiger partial charge in [-0.05, 0) is 49.7 Å². The molecular formula is C25H29N3O3S. The average molecular weight is 452 g/mol. The van der Waals surface area contributed by atoms with E-state index in [1.54, 1.807) is 30.3 Å². The Morgan fingerprint density at radius 2 is 1.59 bits per heavy atom. The maximum Gasteiger partial charge on any atom is 0.240 e. The van der Waals surface area contributed by atoms with Crippen molar-refractivity contribution in [2.75, 3.05) is 12.4 Å². The molecule has 1 aliphatic carbocycles. The van der Waals surface area contributed by atoms with E-state index in [0.717, 1.165) is 43.2 Å². The molecule has 4 rings (SSSR count). The molecule has 0 atom stereocenters. The van der Waals surface area contributed by atoms with Crippen LogP contribution in [0.3, 0.4) is 0 Å². The van der Waals surface area contributed by atoms with Gasteiger partial charge in [-0.15, -0.1) is 0 Å². The highest BCUT2D eigenvalue weighted by Gasteiger charge is 2.41. The van der Waals surface area contributed by atoms with Crippen molar-refractivity contribution in [3.63, 3.8) is 0 Å². The monoisotopic (exact) mass is 451 g/mol. The van der Waals surface area contributed by atoms with Crippen LogP contribution < -0.4 is 10.0 Å². The molecule has 0 bridgehead atoms. The molecule has 1 aliphatic rings. The molecular weight excluding hydrogens is 422 g/mol. The lowest BCUT2D eigenvalue weighted by atomic mass is 9.68. The van der Waals surface area contributed by atoms with Gasteiger partial charge < -0.3 is 5.32 Å². The molecule has 3 aromatic rings. The molecule has 168 valence electrons. The third-order valence-corrected chi connectivity index (χ3v) is 7.62. The van der Waals surface area contributed by atoms with E-state index in [0.29, 0.717) is 11.5 Å². The van der Waals surface area contributed by atoms with E-state index in [2.05, 4.69) is 15.0 Å². The molecule has 1 saturated carbocycles. The first-order valence-electron chi connectivity index (χ1n) is 10.8. The van der Waals surface area contributed by atoms with E-state index in [1.165, 1.54) is 7.05 Å². The Bertz CT molecular complexity index is 1190. The summed E-state index contributed by atoms with van der Waals surface area (Å²) in [7, 11) is -2.11. The molecule has 1 heterocycles. The number of rotatable bonds is 6. The molecule has 1 fully saturated rings. The quantitative estimate of drug-likeness (QED) is 0.566. The summed E-state index contributed by atoms with van der Waals surface area (Å²) in [4.78, 5) is 18.3. The third kappa shape index (κ3) is 4.45. The molecule has 0 aliphatic heterocycles. The third-order valence-electron chi connectivity index (χ3n) is 6.19. The van der Waals surface area contributed by atoms with Gasteiger partial charge in [-0.2, -0.15) is 0 Å². The van der Waals surface area contributed by atoms with Crippen LogP contribution in [0, 0.1) is 0 Å². The number of hydrogen-bond acceptors (Lipinski definition) is 4. The second-order valence-corrected chi connectivity index (χ2v) is 9.99. The fourth-order valence-electron chi connectivity index (χ4n) is 4.38. The van der Waals surface area contributed by atoms with Crippen LogP contribution in [-0.4, -0.2) is 26.4 Å². The number of carbonyl (C=O) groups excluding carboxylic acids is 1. The zero-order chi connectivity index (χ0) is 22.6. The Kier molecular flexibility index (Phi) is 6.39. The van der Waals surface area contributed by atoms with Crippen molar-refractivity contribution < 1.29 is 14.6 Å². The van der Waals surface area contributed by atoms with Crippen molar-refractivity contribution >= 4 is 21.7 Å². The van der Waals surface area contributed by atoms with Gasteiger partial charge >= 0.3 is 0 Å². The Morgan fingerprint density at radius 1 is 0.906 bits per heavy atom. The molecule has 6 nitrogen and oxygen atoms in total. The molecule has 2 N–H and O–H groups in total. The van der Waals surface area contributed by atoms with Crippen LogP contribution in [0.5, 0.6) is 0 Å². The summed E-state index contributed by atoms with van der Waals surface area (Å²) in [6.45, 7) is 0. The van der Waals surface area contributed by atoms with Crippen LogP contribution in [0.15, 0.2) is 77.7 Å². The largest absolute Gasteiger partial charge is 0.310 e. The standard InChI is InChI=1S/C25H27N3O3S.H2/c1-26-32(30,31)21-15-13-19(14-16-21)22-11-8-12-23(27-22)28-24(29)25(17-6-3-7-18-25)20-9-4-2-5-10-20;/h2,4-5,8-16,26H,3,6-7,17-18H2,1H3,(H,27,28,29);1H. The van der Waals surface area contributed by atoms with Crippen LogP contribution in [0.1, 0.15) is 39.1 Å². The highest BCUT2D eigenvalue weighted by molar-refractivity contribution is 7.89. The smallest absolute Gasteiger partial charge is 0.240 e. The number of benzene rings is 2. The second-order valence-electron chi connectivity index (χ2n) is 8.10. The van der Waals surface area contributed by atoms with Gasteiger partial charge in [0.1, 0.15) is 5.82 Å². The van der Waals surface area contributed by atoms with Crippen molar-refractivity contribution in [2.24, 2.45) is 0 Å². The minimum atomic E-state index is -3.49. The van der Waals surface area contributed by atoms with Crippen molar-refractivity contribution in [3.05, 3.63) is 78.4 Å². The van der Waals surface area contributed by atoms with Crippen LogP contribution >= 0.6 is 0 Å². The van der Waals surface area contributed by atoms with Gasteiger partial charge in [-0.3, -0.25) is 4.79 Å². The topological polar surface area (TPSA) is 88.2 Å². The van der Waals surface area contributed by atoms with Crippen molar-refractivity contribution in [2.45, 2.75) is 42.4 Å². The highest BCUT2D eigenvalue weighted by atomic mass is 32.2. The normalized spacial score (nSPS) is 15.8. The average Bonchev–Trinajstić information content (AvgIpc) is 2.85. The zero-order valence-corrected chi connectivity index (χ0v) is 18.9. The summed E-state index contributed by atoms with van der Waals surface area (Å²) in [5.41, 5.74) is 1.94. The van der Waals surface area contributed by atoms with Crippen LogP contribution in [0.4, 0.5) is 5.82 Å². The Hall–Kier alpha value is -3.03. The lowest BCUT2D eigenvalue weighted by Gasteiger charge is -2.36. The van der Waals surface area contributed by atoms with Crippen LogP contribution in [0.2, 0.25) is 0 Å². The summed E-state index contributed by atoms with van der Waals surface area (Å²) >= 11 is 0. The zero-order valence-electron chi connectivity index (χ0n) is 18.0. The van der Waals surface area contributed by atoms with Gasteiger partial charge in [0.05, 0.1) is 16.0 Å². The van der Waals surface area contributed by atoms with E-state index >= 15 is 0 Å². The second kappa shape index (κ2) is 9.22. The van der Waals surface area contributed by atoms with E-state index in [9.17, 15) is 13.2 Å². The van der Waals surface area contributed by atoms with Crippen LogP contribution in [-0.2, 0) is 20.2 Å². The van der Waals surface area contributed by atoms with Crippen molar-refractivity contribution in [1.82, 2.24) is 9.71 Å². The predicted octanol–water partition coefficient (Wildman–Crippen LogP) is 4.74. The molecule has 0 radical (unpaired) electrons. The lowest BCUT2D eigenvalue weighted by molar-refractivity contribution is -0.122. The fourth-order valence-corrected chi connectivity index (χ4v) is 5.11. The Labute approximate surface area is 190 Å². The first-order chi connectivity index (χ1) is 15.4. The predicted molar refractivity (Wildman–Crippen MR) is 128 cm³/mol. The number of nitrogens with zero attached hydrogens (tertiary/aromatic N) is 1. The first-order valence-corrected chi connectivity index (χ1v) is 12.3. The number of carbonyl (C=O) groups is 1. The van der Waals surface area contributed by atoms with Gasteiger partial charge in [0.25, 0.3) is 0 Å². The van der Waals surface area contributed by atoms with E-state index in [-0.39, 0.29) is 12.2 Å². The number of aromatic nitrogens is 1. The highest BCUT2D eigenvalue weighted by Crippen LogP contribution is 2.40. The molecule has 0 spiro atoms. The minimum Gasteiger partial charge on any atom is -0.310 e. The van der Waals surface area contributed by atoms with Gasteiger partial charge in [0.2, 0.25) is 15.9 Å². The summed E-state index contributed by atoms with van der Waals surface area (Å²) in [5, 5.41) is 3.05. The van der Waals surface area contributed by atoms with E-state index in [1.807, 2.05) is 42.5 Å². The lowest BCUT2D eigenvalue weighted by Crippen LogP contribution is -2.42. The number of anilines is 1. The number of hydrogen-bond donors (Lipinski definition) is 2. The SMILES string of the molecule is CNS(=O)(=O)c1ccc(-c2cccc(NC(=O)C3(c4ccccc4)CCCCC3)n2)cc1.[HH]. The van der Waals surface area contributed by atoms with Gasteiger partial charge in [0.15, 0.2) is 0 Å². The van der Waals surface area contributed by atoms with Gasteiger partial charge in [0, 0.05) is 6.99 Å². The number of sulfonamides is 1. The summed E-state index contributed by atoms with van der Waals surface area (Å²) in [6.07, 6.45) is 4.85. The summed E-state index contributed by atoms with van der Waals surface area (Å²) in [5.74, 6) is 0.462. The molecule has 7 heteroatoms. The van der Waals surface area contributed by atoms with E-state index in [4.69, 9.17) is 0 Å². The molecule has 1 aromatic heterocycles. The maximum atomic E-state index is 13.5. The van der Waals surface area contributed by atoms with Crippen molar-refractivity contribution in [1.29, 1.82) is 0 Å². The first kappa shape index (κ1) is 22.2. The van der Waals surface area contributed by atoms with E-state index < -0.39 is 15.4 Å². The minimum absolute atomic E-state index is 0. The van der Waals surface area contributed by atoms with Crippen molar-refractivity contribution in [3.8, 4) is 11.3 Å². The number of pyridine rings is 1. The molecule has 1 amide bonds. The number of amides is 1. The molecule has 0 unspecified atom stereocenters. The summed E-state index contributed by atoms with van der Waals surface area (Å²) < 4.78 is 26.2. The van der Waals surface area contributed by atoms with Crippen LogP contribution in [0.25, 0.3) is 11.3 Å². The fraction of sp³-hybridized carbons (Fsp3) is 0.280. The molecule has 0 saturated heterocycles. The molecule has 32 heavy (non-hydrogen) atoms. The maximum absolute atomic E-state index is 13.5. The molecule has 2 aromatic carbocycles. The Morgan fingerprint density at radius 3 is 2.25 bits per heavy atom. The van der Waals surface area contributed by atoms with Gasteiger partial charge in [-0.25, -0.2) is 18.1 Å². The number of nitrogens with one attached hydrogen (secondary N) is 2.